The molecule has 0 N–H and O–H groups in total. The van der Waals surface area contributed by atoms with Crippen molar-refractivity contribution in [2.75, 3.05) is 18.5 Å². The molecular formula is C9H15BrN4. The molecule has 0 amide bonds. The van der Waals surface area contributed by atoms with E-state index >= 15 is 0 Å². The van der Waals surface area contributed by atoms with E-state index in [4.69, 9.17) is 0 Å². The Kier molecular flexibility index (Phi) is 3.80. The molecule has 0 bridgehead atoms. The first kappa shape index (κ1) is 11.4. The highest BCUT2D eigenvalue weighted by Crippen LogP contribution is 2.08. The zero-order valence-electron chi connectivity index (χ0n) is 8.95. The second kappa shape index (κ2) is 4.68. The van der Waals surface area contributed by atoms with E-state index in [2.05, 4.69) is 38.0 Å². The first-order valence-corrected chi connectivity index (χ1v) is 5.45. The summed E-state index contributed by atoms with van der Waals surface area (Å²) in [4.78, 5) is 6.76. The number of rotatable bonds is 3. The van der Waals surface area contributed by atoms with Crippen molar-refractivity contribution in [1.29, 1.82) is 0 Å². The summed E-state index contributed by atoms with van der Waals surface area (Å²) in [5.41, 5.74) is 1.82. The maximum absolute atomic E-state index is 4.36. The normalized spacial score (nSPS) is 12.6. The van der Waals surface area contributed by atoms with E-state index < -0.39 is 0 Å². The molecule has 1 aromatic heterocycles. The number of anilines is 1. The van der Waals surface area contributed by atoms with Gasteiger partial charge >= 0.3 is 0 Å². The Morgan fingerprint density at radius 2 is 1.93 bits per heavy atom. The predicted molar refractivity (Wildman–Crippen MR) is 61.0 cm³/mol. The molecule has 1 aromatic rings. The van der Waals surface area contributed by atoms with Gasteiger partial charge in [0.15, 0.2) is 0 Å². The van der Waals surface area contributed by atoms with Gasteiger partial charge in [-0.15, -0.1) is 5.10 Å². The van der Waals surface area contributed by atoms with Crippen molar-refractivity contribution in [3.63, 3.8) is 0 Å². The van der Waals surface area contributed by atoms with E-state index in [9.17, 15) is 0 Å². The highest BCUT2D eigenvalue weighted by molar-refractivity contribution is 9.09. The van der Waals surface area contributed by atoms with Gasteiger partial charge in [-0.3, -0.25) is 0 Å². The molecule has 4 nitrogen and oxygen atoms in total. The maximum atomic E-state index is 4.36. The fraction of sp³-hybridized carbons (Fsp3) is 0.667. The highest BCUT2D eigenvalue weighted by atomic mass is 79.9. The molecule has 1 atom stereocenters. The number of aromatic nitrogens is 3. The van der Waals surface area contributed by atoms with Gasteiger partial charge in [-0.25, -0.2) is 4.98 Å². The molecule has 1 unspecified atom stereocenters. The summed E-state index contributed by atoms with van der Waals surface area (Å²) in [7, 11) is 1.96. The number of nitrogens with zero attached hydrogens (tertiary/aromatic N) is 4. The standard InChI is InChI=1S/C9H15BrN4/c1-6(10)5-14(4)9-11-7(2)8(3)12-13-9/h6H,5H2,1-4H3. The molecule has 1 rings (SSSR count). The summed E-state index contributed by atoms with van der Waals surface area (Å²) in [6.07, 6.45) is 0. The van der Waals surface area contributed by atoms with Crippen molar-refractivity contribution in [1.82, 2.24) is 15.2 Å². The lowest BCUT2D eigenvalue weighted by Crippen LogP contribution is -2.26. The molecule has 14 heavy (non-hydrogen) atoms. The molecule has 0 aliphatic heterocycles. The van der Waals surface area contributed by atoms with Crippen LogP contribution in [-0.2, 0) is 0 Å². The van der Waals surface area contributed by atoms with E-state index in [0.717, 1.165) is 17.9 Å². The molecule has 0 saturated carbocycles. The van der Waals surface area contributed by atoms with Gasteiger partial charge in [-0.2, -0.15) is 5.10 Å². The third-order valence-corrected chi connectivity index (χ3v) is 2.24. The Balaban J connectivity index is 2.80. The third kappa shape index (κ3) is 2.90. The Labute approximate surface area is 92.9 Å². The van der Waals surface area contributed by atoms with E-state index in [1.165, 1.54) is 0 Å². The molecule has 0 aliphatic rings. The predicted octanol–water partition coefficient (Wildman–Crippen LogP) is 1.71. The fourth-order valence-corrected chi connectivity index (χ4v) is 1.50. The van der Waals surface area contributed by atoms with Gasteiger partial charge in [-0.05, 0) is 13.8 Å². The average Bonchev–Trinajstić information content (AvgIpc) is 2.08. The number of halogens is 1. The summed E-state index contributed by atoms with van der Waals surface area (Å²) in [5, 5.41) is 8.07. The van der Waals surface area contributed by atoms with Crippen LogP contribution < -0.4 is 4.90 Å². The minimum atomic E-state index is 0.415. The molecule has 0 aromatic carbocycles. The average molecular weight is 259 g/mol. The topological polar surface area (TPSA) is 41.9 Å². The first-order chi connectivity index (χ1) is 6.50. The lowest BCUT2D eigenvalue weighted by molar-refractivity contribution is 0.792. The SMILES string of the molecule is Cc1nnc(N(C)CC(C)Br)nc1C. The van der Waals surface area contributed by atoms with Crippen molar-refractivity contribution in [3.05, 3.63) is 11.4 Å². The molecule has 0 radical (unpaired) electrons. The monoisotopic (exact) mass is 258 g/mol. The zero-order chi connectivity index (χ0) is 10.7. The summed E-state index contributed by atoms with van der Waals surface area (Å²) in [5.74, 6) is 0.680. The van der Waals surface area contributed by atoms with E-state index in [-0.39, 0.29) is 0 Å². The van der Waals surface area contributed by atoms with Crippen molar-refractivity contribution in [2.24, 2.45) is 0 Å². The second-order valence-electron chi connectivity index (χ2n) is 3.44. The smallest absolute Gasteiger partial charge is 0.245 e. The van der Waals surface area contributed by atoms with Gasteiger partial charge in [0.05, 0.1) is 11.4 Å². The van der Waals surface area contributed by atoms with Gasteiger partial charge < -0.3 is 4.90 Å². The van der Waals surface area contributed by atoms with Crippen LogP contribution in [0.25, 0.3) is 0 Å². The summed E-state index contributed by atoms with van der Waals surface area (Å²) in [6, 6.07) is 0. The van der Waals surface area contributed by atoms with Crippen LogP contribution in [0, 0.1) is 13.8 Å². The van der Waals surface area contributed by atoms with Crippen LogP contribution in [0.1, 0.15) is 18.3 Å². The number of hydrogen-bond donors (Lipinski definition) is 0. The fourth-order valence-electron chi connectivity index (χ4n) is 1.07. The zero-order valence-corrected chi connectivity index (χ0v) is 10.5. The minimum absolute atomic E-state index is 0.415. The van der Waals surface area contributed by atoms with Crippen LogP contribution in [0.4, 0.5) is 5.95 Å². The summed E-state index contributed by atoms with van der Waals surface area (Å²) >= 11 is 3.49. The quantitative estimate of drug-likeness (QED) is 0.775. The molecule has 5 heteroatoms. The summed E-state index contributed by atoms with van der Waals surface area (Å²) < 4.78 is 0. The van der Waals surface area contributed by atoms with Crippen molar-refractivity contribution in [3.8, 4) is 0 Å². The Bertz CT molecular complexity index is 314. The van der Waals surface area contributed by atoms with Crippen LogP contribution in [0.2, 0.25) is 0 Å². The lowest BCUT2D eigenvalue weighted by Gasteiger charge is -2.18. The second-order valence-corrected chi connectivity index (χ2v) is 5.01. The van der Waals surface area contributed by atoms with Crippen molar-refractivity contribution >= 4 is 21.9 Å². The molecule has 0 saturated heterocycles. The van der Waals surface area contributed by atoms with Crippen LogP contribution >= 0.6 is 15.9 Å². The number of hydrogen-bond acceptors (Lipinski definition) is 4. The van der Waals surface area contributed by atoms with E-state index in [0.29, 0.717) is 10.8 Å². The Morgan fingerprint density at radius 1 is 1.29 bits per heavy atom. The van der Waals surface area contributed by atoms with Gasteiger partial charge in [0, 0.05) is 18.4 Å². The van der Waals surface area contributed by atoms with Crippen LogP contribution in [0.15, 0.2) is 0 Å². The maximum Gasteiger partial charge on any atom is 0.245 e. The number of alkyl halides is 1. The van der Waals surface area contributed by atoms with E-state index in [1.807, 2.05) is 25.8 Å². The molecule has 0 aliphatic carbocycles. The van der Waals surface area contributed by atoms with E-state index in [1.54, 1.807) is 0 Å². The minimum Gasteiger partial charge on any atom is -0.341 e. The van der Waals surface area contributed by atoms with Crippen LogP contribution in [0.5, 0.6) is 0 Å². The van der Waals surface area contributed by atoms with Crippen LogP contribution in [-0.4, -0.2) is 33.6 Å². The van der Waals surface area contributed by atoms with Gasteiger partial charge in [0.1, 0.15) is 0 Å². The highest BCUT2D eigenvalue weighted by Gasteiger charge is 2.08. The van der Waals surface area contributed by atoms with Crippen molar-refractivity contribution in [2.45, 2.75) is 25.6 Å². The molecule has 78 valence electrons. The Hall–Kier alpha value is -0.710. The molecule has 0 fully saturated rings. The van der Waals surface area contributed by atoms with Crippen molar-refractivity contribution < 1.29 is 0 Å². The first-order valence-electron chi connectivity index (χ1n) is 4.54. The summed E-state index contributed by atoms with van der Waals surface area (Å²) in [6.45, 7) is 6.81. The molecule has 1 heterocycles. The van der Waals surface area contributed by atoms with Gasteiger partial charge in [0.25, 0.3) is 0 Å². The third-order valence-electron chi connectivity index (χ3n) is 1.95. The van der Waals surface area contributed by atoms with Crippen LogP contribution in [0.3, 0.4) is 0 Å². The molecule has 0 spiro atoms. The lowest BCUT2D eigenvalue weighted by atomic mass is 10.4. The largest absolute Gasteiger partial charge is 0.341 e. The molecular weight excluding hydrogens is 244 g/mol. The number of aryl methyl sites for hydroxylation is 2. The van der Waals surface area contributed by atoms with Gasteiger partial charge in [0.2, 0.25) is 5.95 Å². The van der Waals surface area contributed by atoms with Gasteiger partial charge in [-0.1, -0.05) is 22.9 Å². The Morgan fingerprint density at radius 3 is 2.43 bits per heavy atom.